The number of aliphatic hydroxyl groups is 1. The van der Waals surface area contributed by atoms with Crippen LogP contribution in [0.1, 0.15) is 43.8 Å². The summed E-state index contributed by atoms with van der Waals surface area (Å²) in [5, 5.41) is 10.8. The third-order valence-electron chi connectivity index (χ3n) is 3.22. The number of aromatic nitrogens is 1. The van der Waals surface area contributed by atoms with Gasteiger partial charge in [0.1, 0.15) is 0 Å². The molecule has 3 heteroatoms. The molecule has 1 fully saturated rings. The molecule has 1 N–H and O–H groups in total. The van der Waals surface area contributed by atoms with Crippen LogP contribution in [0.5, 0.6) is 0 Å². The standard InChI is InChI=1S/C12H16ClNO/c13-11-8-14-7-6-10(11)12(15)9-4-2-1-3-5-9/h6-9,12,15H,1-5H2. The summed E-state index contributed by atoms with van der Waals surface area (Å²) in [5.41, 5.74) is 0.832. The highest BCUT2D eigenvalue weighted by Crippen LogP contribution is 2.36. The highest BCUT2D eigenvalue weighted by atomic mass is 35.5. The minimum Gasteiger partial charge on any atom is -0.388 e. The molecule has 1 aliphatic carbocycles. The van der Waals surface area contributed by atoms with Crippen LogP contribution in [0.3, 0.4) is 0 Å². The van der Waals surface area contributed by atoms with Crippen LogP contribution in [-0.4, -0.2) is 10.1 Å². The van der Waals surface area contributed by atoms with Crippen LogP contribution in [0.2, 0.25) is 5.02 Å². The van der Waals surface area contributed by atoms with Crippen LogP contribution in [-0.2, 0) is 0 Å². The van der Waals surface area contributed by atoms with Gasteiger partial charge in [-0.15, -0.1) is 0 Å². The van der Waals surface area contributed by atoms with Crippen molar-refractivity contribution in [1.82, 2.24) is 4.98 Å². The molecule has 0 amide bonds. The molecule has 0 aromatic carbocycles. The van der Waals surface area contributed by atoms with E-state index >= 15 is 0 Å². The lowest BCUT2D eigenvalue weighted by atomic mass is 9.83. The Morgan fingerprint density at radius 2 is 2.07 bits per heavy atom. The number of nitrogens with zero attached hydrogens (tertiary/aromatic N) is 1. The molecule has 1 aromatic heterocycles. The van der Waals surface area contributed by atoms with Crippen molar-refractivity contribution in [1.29, 1.82) is 0 Å². The van der Waals surface area contributed by atoms with E-state index in [4.69, 9.17) is 11.6 Å². The van der Waals surface area contributed by atoms with E-state index in [-0.39, 0.29) is 0 Å². The Hall–Kier alpha value is -0.600. The lowest BCUT2D eigenvalue weighted by Gasteiger charge is -2.27. The van der Waals surface area contributed by atoms with Crippen LogP contribution in [0.15, 0.2) is 18.5 Å². The van der Waals surface area contributed by atoms with Gasteiger partial charge in [0.15, 0.2) is 0 Å². The van der Waals surface area contributed by atoms with Gasteiger partial charge in [0.25, 0.3) is 0 Å². The molecule has 2 nitrogen and oxygen atoms in total. The zero-order chi connectivity index (χ0) is 10.7. The summed E-state index contributed by atoms with van der Waals surface area (Å²) in [4.78, 5) is 3.93. The van der Waals surface area contributed by atoms with E-state index in [1.165, 1.54) is 19.3 Å². The fourth-order valence-corrected chi connectivity index (χ4v) is 2.56. The molecule has 1 heterocycles. The third-order valence-corrected chi connectivity index (χ3v) is 3.53. The second-order valence-electron chi connectivity index (χ2n) is 4.24. The van der Waals surface area contributed by atoms with Gasteiger partial charge in [-0.25, -0.2) is 0 Å². The zero-order valence-corrected chi connectivity index (χ0v) is 9.45. The van der Waals surface area contributed by atoms with E-state index in [1.807, 2.05) is 6.07 Å². The fraction of sp³-hybridized carbons (Fsp3) is 0.583. The van der Waals surface area contributed by atoms with Crippen LogP contribution in [0.25, 0.3) is 0 Å². The smallest absolute Gasteiger partial charge is 0.0833 e. The van der Waals surface area contributed by atoms with E-state index in [0.717, 1.165) is 18.4 Å². The highest BCUT2D eigenvalue weighted by Gasteiger charge is 2.24. The molecule has 1 saturated carbocycles. The predicted molar refractivity (Wildman–Crippen MR) is 60.8 cm³/mol. The topological polar surface area (TPSA) is 33.1 Å². The summed E-state index contributed by atoms with van der Waals surface area (Å²) in [6.45, 7) is 0. The van der Waals surface area contributed by atoms with Gasteiger partial charge in [-0.05, 0) is 24.8 Å². The average Bonchev–Trinajstić information content (AvgIpc) is 2.30. The van der Waals surface area contributed by atoms with Crippen LogP contribution in [0.4, 0.5) is 0 Å². The van der Waals surface area contributed by atoms with Gasteiger partial charge in [0.05, 0.1) is 11.1 Å². The van der Waals surface area contributed by atoms with Gasteiger partial charge < -0.3 is 5.11 Å². The van der Waals surface area contributed by atoms with Crippen LogP contribution in [0, 0.1) is 5.92 Å². The molecule has 1 unspecified atom stereocenters. The van der Waals surface area contributed by atoms with E-state index < -0.39 is 6.10 Å². The van der Waals surface area contributed by atoms with Gasteiger partial charge >= 0.3 is 0 Å². The fourth-order valence-electron chi connectivity index (χ4n) is 2.33. The Morgan fingerprint density at radius 3 is 2.73 bits per heavy atom. The molecule has 2 rings (SSSR count). The first-order chi connectivity index (χ1) is 7.29. The van der Waals surface area contributed by atoms with Gasteiger partial charge in [-0.3, -0.25) is 4.98 Å². The number of hydrogen-bond donors (Lipinski definition) is 1. The minimum absolute atomic E-state index is 0.374. The lowest BCUT2D eigenvalue weighted by Crippen LogP contribution is -2.16. The molecular formula is C12H16ClNO. The maximum absolute atomic E-state index is 10.2. The summed E-state index contributed by atoms with van der Waals surface area (Å²) in [6, 6.07) is 1.82. The maximum Gasteiger partial charge on any atom is 0.0833 e. The zero-order valence-electron chi connectivity index (χ0n) is 8.69. The molecule has 1 atom stereocenters. The summed E-state index contributed by atoms with van der Waals surface area (Å²) in [6.07, 6.45) is 8.85. The van der Waals surface area contributed by atoms with Gasteiger partial charge in [0.2, 0.25) is 0 Å². The number of pyridine rings is 1. The Kier molecular flexibility index (Phi) is 3.60. The van der Waals surface area contributed by atoms with E-state index in [9.17, 15) is 5.11 Å². The van der Waals surface area contributed by atoms with Gasteiger partial charge in [-0.1, -0.05) is 30.9 Å². The van der Waals surface area contributed by atoms with Crippen molar-refractivity contribution < 1.29 is 5.11 Å². The lowest BCUT2D eigenvalue weighted by molar-refractivity contribution is 0.0848. The van der Waals surface area contributed by atoms with Crippen molar-refractivity contribution in [3.8, 4) is 0 Å². The molecule has 0 radical (unpaired) electrons. The monoisotopic (exact) mass is 225 g/mol. The molecule has 0 spiro atoms. The predicted octanol–water partition coefficient (Wildman–Crippen LogP) is 3.35. The summed E-state index contributed by atoms with van der Waals surface area (Å²) >= 11 is 6.02. The first kappa shape index (κ1) is 10.9. The van der Waals surface area contributed by atoms with Gasteiger partial charge in [0, 0.05) is 18.0 Å². The van der Waals surface area contributed by atoms with Crippen LogP contribution < -0.4 is 0 Å². The van der Waals surface area contributed by atoms with Crippen molar-refractivity contribution in [2.75, 3.05) is 0 Å². The normalized spacial score (nSPS) is 20.1. The SMILES string of the molecule is OC(c1ccncc1Cl)C1CCCCC1. The minimum atomic E-state index is -0.416. The number of halogens is 1. The van der Waals surface area contributed by atoms with E-state index in [0.29, 0.717) is 10.9 Å². The summed E-state index contributed by atoms with van der Waals surface area (Å²) < 4.78 is 0. The first-order valence-corrected chi connectivity index (χ1v) is 5.94. The van der Waals surface area contributed by atoms with Crippen molar-refractivity contribution in [3.63, 3.8) is 0 Å². The Morgan fingerprint density at radius 1 is 1.33 bits per heavy atom. The molecule has 82 valence electrons. The maximum atomic E-state index is 10.2. The number of rotatable bonds is 2. The molecular weight excluding hydrogens is 210 g/mol. The Balaban J connectivity index is 2.12. The van der Waals surface area contributed by atoms with Crippen LogP contribution >= 0.6 is 11.6 Å². The molecule has 0 saturated heterocycles. The van der Waals surface area contributed by atoms with Crippen molar-refractivity contribution >= 4 is 11.6 Å². The highest BCUT2D eigenvalue weighted by molar-refractivity contribution is 6.31. The number of aliphatic hydroxyl groups excluding tert-OH is 1. The molecule has 1 aromatic rings. The van der Waals surface area contributed by atoms with Crippen molar-refractivity contribution in [2.45, 2.75) is 38.2 Å². The van der Waals surface area contributed by atoms with E-state index in [1.54, 1.807) is 12.4 Å². The Labute approximate surface area is 95.3 Å². The first-order valence-electron chi connectivity index (χ1n) is 5.56. The third kappa shape index (κ3) is 2.50. The van der Waals surface area contributed by atoms with Gasteiger partial charge in [-0.2, -0.15) is 0 Å². The second kappa shape index (κ2) is 4.95. The molecule has 15 heavy (non-hydrogen) atoms. The summed E-state index contributed by atoms with van der Waals surface area (Å²) in [5.74, 6) is 0.374. The molecule has 0 bridgehead atoms. The second-order valence-corrected chi connectivity index (χ2v) is 4.65. The van der Waals surface area contributed by atoms with Crippen molar-refractivity contribution in [3.05, 3.63) is 29.0 Å². The summed E-state index contributed by atoms with van der Waals surface area (Å²) in [7, 11) is 0. The Bertz CT molecular complexity index is 323. The van der Waals surface area contributed by atoms with Crippen molar-refractivity contribution in [2.24, 2.45) is 5.92 Å². The largest absolute Gasteiger partial charge is 0.388 e. The molecule has 0 aliphatic heterocycles. The quantitative estimate of drug-likeness (QED) is 0.838. The van der Waals surface area contributed by atoms with E-state index in [2.05, 4.69) is 4.98 Å². The number of hydrogen-bond acceptors (Lipinski definition) is 2. The molecule has 1 aliphatic rings. The average molecular weight is 226 g/mol.